The van der Waals surface area contributed by atoms with E-state index in [1.54, 1.807) is 6.92 Å². The lowest BCUT2D eigenvalue weighted by atomic mass is 9.45. The van der Waals surface area contributed by atoms with Crippen LogP contribution in [0.15, 0.2) is 11.3 Å². The van der Waals surface area contributed by atoms with Gasteiger partial charge in [-0.2, -0.15) is 0 Å². The van der Waals surface area contributed by atoms with Gasteiger partial charge in [0.2, 0.25) is 0 Å². The first-order chi connectivity index (χ1) is 20.4. The molecular weight excluding hydrogens is 548 g/mol. The predicted molar refractivity (Wildman–Crippen MR) is 162 cm³/mol. The van der Waals surface area contributed by atoms with Crippen LogP contribution in [0.4, 0.5) is 0 Å². The zero-order valence-corrected chi connectivity index (χ0v) is 27.2. The highest BCUT2D eigenvalue weighted by molar-refractivity contribution is 5.86. The molecule has 0 radical (unpaired) electrons. The van der Waals surface area contributed by atoms with Gasteiger partial charge in [-0.05, 0) is 124 Å². The van der Waals surface area contributed by atoms with Crippen molar-refractivity contribution in [3.8, 4) is 0 Å². The SMILES string of the molecule is CC(C(=O)O)=C(OCCCC1(C)CCO1)C12CC3CC(OCCCC4(C)CCO4)(CC(OCCCC4(C)CCO4)(C3)C1)C2. The van der Waals surface area contributed by atoms with Gasteiger partial charge in [-0.1, -0.05) is 0 Å². The first-order valence-corrected chi connectivity index (χ1v) is 17.2. The number of carboxylic acid groups (broad SMARTS) is 1. The minimum absolute atomic E-state index is 0.00111. The van der Waals surface area contributed by atoms with E-state index < -0.39 is 5.97 Å². The molecule has 0 spiro atoms. The largest absolute Gasteiger partial charge is 0.497 e. The fraction of sp³-hybridized carbons (Fsp3) is 0.914. The van der Waals surface area contributed by atoms with E-state index in [0.29, 0.717) is 37.1 Å². The molecule has 0 aromatic carbocycles. The van der Waals surface area contributed by atoms with Crippen molar-refractivity contribution in [2.24, 2.45) is 11.3 Å². The number of ether oxygens (including phenoxy) is 6. The van der Waals surface area contributed by atoms with Crippen LogP contribution in [-0.2, 0) is 33.2 Å². The maximum atomic E-state index is 12.5. The lowest BCUT2D eigenvalue weighted by molar-refractivity contribution is -0.262. The van der Waals surface area contributed by atoms with Crippen LogP contribution in [0.25, 0.3) is 0 Å². The smallest absolute Gasteiger partial charge is 0.334 e. The lowest BCUT2D eigenvalue weighted by Crippen LogP contribution is -2.65. The van der Waals surface area contributed by atoms with Gasteiger partial charge < -0.3 is 33.5 Å². The van der Waals surface area contributed by atoms with E-state index in [9.17, 15) is 9.90 Å². The highest BCUT2D eigenvalue weighted by Gasteiger charge is 2.66. The fourth-order valence-electron chi connectivity index (χ4n) is 9.63. The van der Waals surface area contributed by atoms with Crippen molar-refractivity contribution in [2.75, 3.05) is 39.6 Å². The van der Waals surface area contributed by atoms with E-state index in [1.807, 2.05) is 0 Å². The summed E-state index contributed by atoms with van der Waals surface area (Å²) in [5.41, 5.74) is -0.736. The second-order valence-electron chi connectivity index (χ2n) is 15.9. The Morgan fingerprint density at radius 3 is 1.56 bits per heavy atom. The quantitative estimate of drug-likeness (QED) is 0.111. The van der Waals surface area contributed by atoms with Crippen LogP contribution < -0.4 is 0 Å². The molecule has 5 unspecified atom stereocenters. The molecule has 8 heteroatoms. The summed E-state index contributed by atoms with van der Waals surface area (Å²) in [7, 11) is 0. The van der Waals surface area contributed by atoms with Crippen LogP contribution in [-0.4, -0.2) is 78.7 Å². The minimum atomic E-state index is -0.896. The van der Waals surface area contributed by atoms with Crippen LogP contribution in [0.3, 0.4) is 0 Å². The summed E-state index contributed by atoms with van der Waals surface area (Å²) in [6.07, 6.45) is 14.5. The normalized spacial score (nSPS) is 43.4. The maximum absolute atomic E-state index is 12.5. The molecule has 4 aliphatic carbocycles. The minimum Gasteiger partial charge on any atom is -0.497 e. The van der Waals surface area contributed by atoms with Gasteiger partial charge in [-0.15, -0.1) is 0 Å². The Kier molecular flexibility index (Phi) is 8.77. The molecule has 4 bridgehead atoms. The molecular formula is C35H56O8. The fourth-order valence-corrected chi connectivity index (χ4v) is 9.63. The molecule has 3 saturated heterocycles. The van der Waals surface area contributed by atoms with Gasteiger partial charge in [0.15, 0.2) is 0 Å². The maximum Gasteiger partial charge on any atom is 0.334 e. The summed E-state index contributed by atoms with van der Waals surface area (Å²) < 4.78 is 37.9. The summed E-state index contributed by atoms with van der Waals surface area (Å²) in [5.74, 6) is 0.210. The van der Waals surface area contributed by atoms with Crippen LogP contribution >= 0.6 is 0 Å². The Hall–Kier alpha value is -1.19. The first-order valence-electron chi connectivity index (χ1n) is 17.2. The molecule has 7 rings (SSSR count). The lowest BCUT2D eigenvalue weighted by Gasteiger charge is -2.66. The zero-order valence-electron chi connectivity index (χ0n) is 27.2. The van der Waals surface area contributed by atoms with Gasteiger partial charge in [-0.3, -0.25) is 0 Å². The molecule has 0 aromatic rings. The van der Waals surface area contributed by atoms with Gasteiger partial charge in [0.05, 0.1) is 60.0 Å². The number of allylic oxidation sites excluding steroid dienone is 1. The van der Waals surface area contributed by atoms with Crippen molar-refractivity contribution >= 4 is 5.97 Å². The van der Waals surface area contributed by atoms with Crippen molar-refractivity contribution in [1.82, 2.24) is 0 Å². The summed E-state index contributed by atoms with van der Waals surface area (Å²) >= 11 is 0. The average molecular weight is 605 g/mol. The van der Waals surface area contributed by atoms with Gasteiger partial charge in [-0.25, -0.2) is 4.79 Å². The summed E-state index contributed by atoms with van der Waals surface area (Å²) in [5, 5.41) is 10.2. The van der Waals surface area contributed by atoms with E-state index in [4.69, 9.17) is 28.4 Å². The first kappa shape index (κ1) is 31.8. The van der Waals surface area contributed by atoms with Crippen molar-refractivity contribution in [2.45, 2.75) is 152 Å². The molecule has 4 saturated carbocycles. The number of hydrogen-bond acceptors (Lipinski definition) is 7. The van der Waals surface area contributed by atoms with Crippen molar-refractivity contribution in [3.63, 3.8) is 0 Å². The van der Waals surface area contributed by atoms with E-state index in [0.717, 1.165) is 116 Å². The highest BCUT2D eigenvalue weighted by Crippen LogP contribution is 2.68. The number of rotatable bonds is 17. The monoisotopic (exact) mass is 604 g/mol. The van der Waals surface area contributed by atoms with E-state index >= 15 is 0 Å². The van der Waals surface area contributed by atoms with Gasteiger partial charge in [0.25, 0.3) is 0 Å². The third kappa shape index (κ3) is 6.70. The molecule has 0 amide bonds. The molecule has 8 nitrogen and oxygen atoms in total. The molecule has 3 heterocycles. The molecule has 7 aliphatic rings. The molecule has 3 aliphatic heterocycles. The van der Waals surface area contributed by atoms with Gasteiger partial charge in [0, 0.05) is 25.0 Å². The Bertz CT molecular complexity index is 1010. The number of carbonyl (C=O) groups is 1. The molecule has 1 N–H and O–H groups in total. The third-order valence-electron chi connectivity index (χ3n) is 12.0. The van der Waals surface area contributed by atoms with Crippen LogP contribution in [0.1, 0.15) is 124 Å². The number of aliphatic carboxylic acids is 1. The highest BCUT2D eigenvalue weighted by atomic mass is 16.5. The Morgan fingerprint density at radius 2 is 1.16 bits per heavy atom. The van der Waals surface area contributed by atoms with Crippen molar-refractivity contribution in [3.05, 3.63) is 11.3 Å². The Morgan fingerprint density at radius 1 is 0.721 bits per heavy atom. The third-order valence-corrected chi connectivity index (χ3v) is 12.0. The second-order valence-corrected chi connectivity index (χ2v) is 15.9. The summed E-state index contributed by atoms with van der Waals surface area (Å²) in [6, 6.07) is 0. The summed E-state index contributed by atoms with van der Waals surface area (Å²) in [4.78, 5) is 12.5. The van der Waals surface area contributed by atoms with Gasteiger partial charge >= 0.3 is 5.97 Å². The van der Waals surface area contributed by atoms with Gasteiger partial charge in [0.1, 0.15) is 5.76 Å². The van der Waals surface area contributed by atoms with E-state index in [1.165, 1.54) is 0 Å². The molecule has 0 aromatic heterocycles. The van der Waals surface area contributed by atoms with Crippen LogP contribution in [0.2, 0.25) is 0 Å². The zero-order chi connectivity index (χ0) is 30.4. The Labute approximate surface area is 258 Å². The van der Waals surface area contributed by atoms with Crippen molar-refractivity contribution in [1.29, 1.82) is 0 Å². The topological polar surface area (TPSA) is 92.7 Å². The average Bonchev–Trinajstić information content (AvgIpc) is 2.89. The molecule has 43 heavy (non-hydrogen) atoms. The van der Waals surface area contributed by atoms with Crippen LogP contribution in [0, 0.1) is 11.3 Å². The van der Waals surface area contributed by atoms with E-state index in [2.05, 4.69) is 20.8 Å². The Balaban J connectivity index is 1.19. The molecule has 5 atom stereocenters. The number of carboxylic acids is 1. The molecule has 7 fully saturated rings. The predicted octanol–water partition coefficient (Wildman–Crippen LogP) is 6.73. The van der Waals surface area contributed by atoms with Crippen molar-refractivity contribution < 1.29 is 38.3 Å². The van der Waals surface area contributed by atoms with Crippen LogP contribution in [0.5, 0.6) is 0 Å². The second kappa shape index (κ2) is 11.9. The number of hydrogen-bond donors (Lipinski definition) is 1. The molecule has 244 valence electrons. The van der Waals surface area contributed by atoms with E-state index in [-0.39, 0.29) is 33.4 Å². The standard InChI is InChI=1S/C35H56O8/c1-26(29(36)37)28(38-14-5-8-30(2)11-17-39-30)33-20-27-21-34(23-33,42-15-6-9-31(3)12-18-40-31)25-35(22-27,24-33)43-16-7-10-32(4)13-19-41-32/h27H,5-25H2,1-4H3,(H,36,37). The summed E-state index contributed by atoms with van der Waals surface area (Å²) in [6.45, 7) is 12.7.